The molecule has 3 aliphatic rings. The Balaban J connectivity index is 2.12. The van der Waals surface area contributed by atoms with Gasteiger partial charge in [-0.15, -0.1) is 0 Å². The van der Waals surface area contributed by atoms with Gasteiger partial charge in [0.1, 0.15) is 6.10 Å². The molecule has 3 nitrogen and oxygen atoms in total. The van der Waals surface area contributed by atoms with Crippen LogP contribution in [-0.2, 0) is 9.53 Å². The minimum absolute atomic E-state index is 0.0176. The van der Waals surface area contributed by atoms with Crippen LogP contribution in [0.5, 0.6) is 0 Å². The molecule has 17 heavy (non-hydrogen) atoms. The molecule has 1 aliphatic heterocycles. The monoisotopic (exact) mass is 238 g/mol. The van der Waals surface area contributed by atoms with E-state index in [2.05, 4.69) is 13.8 Å². The molecule has 0 unspecified atom stereocenters. The molecule has 1 heterocycles. The molecule has 1 saturated heterocycles. The topological polar surface area (TPSA) is 46.5 Å². The molecule has 3 fully saturated rings. The molecule has 0 aromatic heterocycles. The summed E-state index contributed by atoms with van der Waals surface area (Å²) in [7, 11) is 0. The number of hydrogen-bond donors (Lipinski definition) is 1. The molecule has 1 N–H and O–H groups in total. The minimum atomic E-state index is -0.522. The average molecular weight is 238 g/mol. The molecule has 2 aliphatic carbocycles. The van der Waals surface area contributed by atoms with Gasteiger partial charge in [-0.05, 0) is 38.0 Å². The van der Waals surface area contributed by atoms with Crippen molar-refractivity contribution < 1.29 is 14.6 Å². The second-order valence-corrected chi connectivity index (χ2v) is 6.90. The fraction of sp³-hybridized carbons (Fsp3) is 0.929. The van der Waals surface area contributed by atoms with Crippen LogP contribution in [0.25, 0.3) is 0 Å². The van der Waals surface area contributed by atoms with Crippen LogP contribution in [0, 0.1) is 10.8 Å². The van der Waals surface area contributed by atoms with Crippen molar-refractivity contribution in [1.82, 2.24) is 0 Å². The number of hydrogen-bond acceptors (Lipinski definition) is 3. The first-order valence-corrected chi connectivity index (χ1v) is 6.71. The van der Waals surface area contributed by atoms with Crippen molar-refractivity contribution in [2.45, 2.75) is 70.7 Å². The van der Waals surface area contributed by atoms with E-state index < -0.39 is 11.7 Å². The van der Waals surface area contributed by atoms with Crippen molar-refractivity contribution >= 4 is 5.78 Å². The molecule has 1 spiro atoms. The van der Waals surface area contributed by atoms with Crippen molar-refractivity contribution in [2.75, 3.05) is 0 Å². The van der Waals surface area contributed by atoms with Crippen LogP contribution in [0.1, 0.15) is 52.9 Å². The Bertz CT molecular complexity index is 376. The number of fused-ring (bicyclic) bond motifs is 1. The Kier molecular flexibility index (Phi) is 2.14. The maximum atomic E-state index is 11.8. The summed E-state index contributed by atoms with van der Waals surface area (Å²) in [5, 5.41) is 10.4. The van der Waals surface area contributed by atoms with Gasteiger partial charge in [0.2, 0.25) is 0 Å². The highest BCUT2D eigenvalue weighted by atomic mass is 16.5. The molecular weight excluding hydrogens is 216 g/mol. The number of carbonyl (C=O) groups is 1. The number of aliphatic hydroxyl groups excluding tert-OH is 1. The van der Waals surface area contributed by atoms with E-state index in [1.165, 1.54) is 0 Å². The lowest BCUT2D eigenvalue weighted by Gasteiger charge is -2.58. The van der Waals surface area contributed by atoms with Crippen LogP contribution in [0.4, 0.5) is 0 Å². The smallest absolute Gasteiger partial charge is 0.161 e. The fourth-order valence-electron chi connectivity index (χ4n) is 4.69. The highest BCUT2D eigenvalue weighted by Crippen LogP contribution is 2.67. The Morgan fingerprint density at radius 3 is 2.71 bits per heavy atom. The van der Waals surface area contributed by atoms with Crippen LogP contribution in [0.3, 0.4) is 0 Å². The van der Waals surface area contributed by atoms with Gasteiger partial charge < -0.3 is 9.84 Å². The van der Waals surface area contributed by atoms with Crippen LogP contribution in [0.2, 0.25) is 0 Å². The van der Waals surface area contributed by atoms with Crippen molar-refractivity contribution in [3.63, 3.8) is 0 Å². The van der Waals surface area contributed by atoms with E-state index in [9.17, 15) is 9.90 Å². The molecule has 2 bridgehead atoms. The zero-order chi connectivity index (χ0) is 12.5. The van der Waals surface area contributed by atoms with Crippen LogP contribution in [-0.4, -0.2) is 28.7 Å². The highest BCUT2D eigenvalue weighted by Gasteiger charge is 2.70. The maximum Gasteiger partial charge on any atom is 0.161 e. The van der Waals surface area contributed by atoms with Gasteiger partial charge in [-0.1, -0.05) is 13.8 Å². The van der Waals surface area contributed by atoms with Crippen molar-refractivity contribution in [3.8, 4) is 0 Å². The van der Waals surface area contributed by atoms with E-state index >= 15 is 0 Å². The van der Waals surface area contributed by atoms with Gasteiger partial charge in [-0.2, -0.15) is 0 Å². The summed E-state index contributed by atoms with van der Waals surface area (Å²) in [6, 6.07) is 0. The van der Waals surface area contributed by atoms with E-state index in [4.69, 9.17) is 4.74 Å². The lowest BCUT2D eigenvalue weighted by Crippen LogP contribution is -2.61. The maximum absolute atomic E-state index is 11.8. The van der Waals surface area contributed by atoms with Gasteiger partial charge in [0.25, 0.3) is 0 Å². The van der Waals surface area contributed by atoms with Gasteiger partial charge >= 0.3 is 0 Å². The highest BCUT2D eigenvalue weighted by molar-refractivity contribution is 5.85. The first-order chi connectivity index (χ1) is 7.82. The molecule has 0 amide bonds. The molecule has 0 aromatic carbocycles. The molecule has 0 aromatic rings. The second kappa shape index (κ2) is 3.12. The van der Waals surface area contributed by atoms with Crippen molar-refractivity contribution in [1.29, 1.82) is 0 Å². The van der Waals surface area contributed by atoms with Crippen LogP contribution >= 0.6 is 0 Å². The number of carbonyl (C=O) groups excluding carboxylic acids is 1. The number of aliphatic hydroxyl groups is 1. The molecule has 3 rings (SSSR count). The summed E-state index contributed by atoms with van der Waals surface area (Å²) in [5.41, 5.74) is -0.391. The van der Waals surface area contributed by atoms with Crippen LogP contribution < -0.4 is 0 Å². The lowest BCUT2D eigenvalue weighted by atomic mass is 9.47. The van der Waals surface area contributed by atoms with Gasteiger partial charge in [0, 0.05) is 11.8 Å². The molecule has 0 radical (unpaired) electrons. The largest absolute Gasteiger partial charge is 0.390 e. The second-order valence-electron chi connectivity index (χ2n) is 6.90. The Labute approximate surface area is 103 Å². The summed E-state index contributed by atoms with van der Waals surface area (Å²) >= 11 is 0. The van der Waals surface area contributed by atoms with Crippen molar-refractivity contribution in [3.05, 3.63) is 0 Å². The van der Waals surface area contributed by atoms with Gasteiger partial charge in [0.15, 0.2) is 5.78 Å². The summed E-state index contributed by atoms with van der Waals surface area (Å²) in [6.45, 7) is 6.58. The summed E-state index contributed by atoms with van der Waals surface area (Å²) in [4.78, 5) is 11.8. The normalized spacial score (nSPS) is 52.4. The SMILES string of the molecule is CC1(C)CC[C@H](O)[C@]2(C)O[C@@H]3C[C@]12CCC3=O. The Morgan fingerprint density at radius 2 is 2.00 bits per heavy atom. The molecule has 3 heteroatoms. The summed E-state index contributed by atoms with van der Waals surface area (Å²) in [6.07, 6.45) is 3.43. The summed E-state index contributed by atoms with van der Waals surface area (Å²) in [5.74, 6) is 0.231. The first kappa shape index (κ1) is 11.7. The average Bonchev–Trinajstić information content (AvgIpc) is 2.53. The van der Waals surface area contributed by atoms with Gasteiger partial charge in [-0.25, -0.2) is 0 Å². The standard InChI is InChI=1S/C14H22O3/c1-12(2)6-5-11(16)13(3)14(12)7-4-9(15)10(8-14)17-13/h10-11,16H,4-8H2,1-3H3/t10-,11+,13+,14-/m1/s1. The molecule has 2 saturated carbocycles. The van der Waals surface area contributed by atoms with Crippen molar-refractivity contribution in [2.24, 2.45) is 10.8 Å². The van der Waals surface area contributed by atoms with E-state index in [1.54, 1.807) is 0 Å². The Hall–Kier alpha value is -0.410. The third kappa shape index (κ3) is 1.17. The first-order valence-electron chi connectivity index (χ1n) is 6.71. The van der Waals surface area contributed by atoms with E-state index in [-0.39, 0.29) is 22.7 Å². The predicted octanol–water partition coefficient (Wildman–Crippen LogP) is 2.06. The molecule has 4 atom stereocenters. The third-order valence-electron chi connectivity index (χ3n) is 6.00. The lowest BCUT2D eigenvalue weighted by molar-refractivity contribution is -0.200. The van der Waals surface area contributed by atoms with Crippen LogP contribution in [0.15, 0.2) is 0 Å². The number of ether oxygens (including phenoxy) is 1. The quantitative estimate of drug-likeness (QED) is 0.702. The number of rotatable bonds is 0. The fourth-order valence-corrected chi connectivity index (χ4v) is 4.69. The molecule has 96 valence electrons. The van der Waals surface area contributed by atoms with E-state index in [1.807, 2.05) is 6.92 Å². The van der Waals surface area contributed by atoms with Gasteiger partial charge in [0.05, 0.1) is 11.7 Å². The number of Topliss-reactive ketones (excluding diaryl/α,β-unsaturated/α-hetero) is 1. The zero-order valence-electron chi connectivity index (χ0n) is 11.0. The van der Waals surface area contributed by atoms with E-state index in [0.717, 1.165) is 25.7 Å². The minimum Gasteiger partial charge on any atom is -0.390 e. The Morgan fingerprint density at radius 1 is 1.29 bits per heavy atom. The van der Waals surface area contributed by atoms with Gasteiger partial charge in [-0.3, -0.25) is 4.79 Å². The number of ketones is 1. The van der Waals surface area contributed by atoms with E-state index in [0.29, 0.717) is 6.42 Å². The predicted molar refractivity (Wildman–Crippen MR) is 63.6 cm³/mol. The third-order valence-corrected chi connectivity index (χ3v) is 6.00. The zero-order valence-corrected chi connectivity index (χ0v) is 11.0. The molecular formula is C14H22O3. The summed E-state index contributed by atoms with van der Waals surface area (Å²) < 4.78 is 6.03.